The molecule has 1 N–H and O–H groups in total. The summed E-state index contributed by atoms with van der Waals surface area (Å²) in [6.45, 7) is 16.3. The van der Waals surface area contributed by atoms with E-state index in [0.717, 1.165) is 37.7 Å². The highest BCUT2D eigenvalue weighted by Crippen LogP contribution is 2.19. The zero-order valence-corrected chi connectivity index (χ0v) is 18.9. The van der Waals surface area contributed by atoms with Crippen LogP contribution in [-0.4, -0.2) is 17.7 Å². The van der Waals surface area contributed by atoms with Crippen LogP contribution in [0.4, 0.5) is 0 Å². The Hall–Kier alpha value is -1.64. The molecule has 0 spiro atoms. The van der Waals surface area contributed by atoms with Crippen LogP contribution < -0.4 is 5.32 Å². The van der Waals surface area contributed by atoms with Crippen LogP contribution in [0.25, 0.3) is 0 Å². The predicted molar refractivity (Wildman–Crippen MR) is 117 cm³/mol. The van der Waals surface area contributed by atoms with Gasteiger partial charge in [-0.15, -0.1) is 0 Å². The minimum absolute atomic E-state index is 0.0328. The third-order valence-electron chi connectivity index (χ3n) is 5.01. The maximum absolute atomic E-state index is 12.2. The van der Waals surface area contributed by atoms with Gasteiger partial charge in [0, 0.05) is 18.0 Å². The largest absolute Gasteiger partial charge is 0.349 e. The second-order valence-electron chi connectivity index (χ2n) is 8.87. The van der Waals surface area contributed by atoms with Crippen LogP contribution in [0.15, 0.2) is 34.9 Å². The Morgan fingerprint density at radius 1 is 0.815 bits per heavy atom. The Morgan fingerprint density at radius 2 is 1.26 bits per heavy atom. The molecule has 154 valence electrons. The van der Waals surface area contributed by atoms with Crippen molar-refractivity contribution in [3.05, 3.63) is 34.9 Å². The molecule has 0 saturated heterocycles. The van der Waals surface area contributed by atoms with Gasteiger partial charge in [-0.05, 0) is 72.1 Å². The van der Waals surface area contributed by atoms with Crippen LogP contribution in [0.2, 0.25) is 0 Å². The van der Waals surface area contributed by atoms with Crippen molar-refractivity contribution >= 4 is 11.7 Å². The van der Waals surface area contributed by atoms with Gasteiger partial charge in [0.2, 0.25) is 5.91 Å². The molecule has 1 amide bonds. The van der Waals surface area contributed by atoms with Crippen LogP contribution >= 0.6 is 0 Å². The molecule has 0 aromatic heterocycles. The lowest BCUT2D eigenvalue weighted by Crippen LogP contribution is -2.41. The van der Waals surface area contributed by atoms with E-state index >= 15 is 0 Å². The Labute approximate surface area is 167 Å². The average Bonchev–Trinajstić information content (AvgIpc) is 2.53. The first-order chi connectivity index (χ1) is 12.4. The van der Waals surface area contributed by atoms with E-state index in [1.807, 2.05) is 13.0 Å². The van der Waals surface area contributed by atoms with Gasteiger partial charge in [-0.1, -0.05) is 50.1 Å². The van der Waals surface area contributed by atoms with Crippen LogP contribution in [0, 0.1) is 5.41 Å². The molecule has 0 aliphatic carbocycles. The van der Waals surface area contributed by atoms with Gasteiger partial charge in [-0.2, -0.15) is 0 Å². The SMILES string of the molecule is CC(=O)CCC=C(C)CCC=C(C)CCC=C(C)C(=O)NC(C)C(C)(C)C. The fourth-order valence-electron chi connectivity index (χ4n) is 2.41. The summed E-state index contributed by atoms with van der Waals surface area (Å²) in [5.74, 6) is 0.282. The second kappa shape index (κ2) is 12.7. The van der Waals surface area contributed by atoms with Crippen LogP contribution in [0.3, 0.4) is 0 Å². The molecule has 0 aromatic rings. The fourth-order valence-corrected chi connectivity index (χ4v) is 2.41. The maximum Gasteiger partial charge on any atom is 0.246 e. The lowest BCUT2D eigenvalue weighted by molar-refractivity contribution is -0.119. The first-order valence-electron chi connectivity index (χ1n) is 10.2. The smallest absolute Gasteiger partial charge is 0.246 e. The molecule has 0 radical (unpaired) electrons. The quantitative estimate of drug-likeness (QED) is 0.340. The number of amides is 1. The molecular formula is C24H41NO2. The molecule has 0 rings (SSSR count). The standard InChI is InChI=1S/C24H41NO2/c1-18(12-9-13-19(2)15-11-17-21(4)26)14-10-16-20(3)23(27)25-22(5)24(6,7)8/h12,15-16,22H,9-11,13-14,17H2,1-8H3,(H,25,27). The predicted octanol–water partition coefficient (Wildman–Crippen LogP) is 6.31. The number of ketones is 1. The summed E-state index contributed by atoms with van der Waals surface area (Å²) < 4.78 is 0. The zero-order valence-electron chi connectivity index (χ0n) is 18.9. The van der Waals surface area contributed by atoms with Gasteiger partial charge < -0.3 is 10.1 Å². The van der Waals surface area contributed by atoms with Gasteiger partial charge in [0.1, 0.15) is 5.78 Å². The highest BCUT2D eigenvalue weighted by molar-refractivity contribution is 5.92. The Balaban J connectivity index is 4.27. The number of carbonyl (C=O) groups excluding carboxylic acids is 2. The van der Waals surface area contributed by atoms with Gasteiger partial charge in [0.15, 0.2) is 0 Å². The highest BCUT2D eigenvalue weighted by atomic mass is 16.1. The molecule has 0 aromatic carbocycles. The number of Topliss-reactive ketones (excluding diaryl/α,β-unsaturated/α-hetero) is 1. The Kier molecular flexibility index (Phi) is 11.9. The van der Waals surface area contributed by atoms with Gasteiger partial charge in [0.05, 0.1) is 0 Å². The second-order valence-corrected chi connectivity index (χ2v) is 8.87. The molecule has 3 heteroatoms. The van der Waals surface area contributed by atoms with E-state index < -0.39 is 0 Å². The fraction of sp³-hybridized carbons (Fsp3) is 0.667. The lowest BCUT2D eigenvalue weighted by atomic mass is 9.88. The summed E-state index contributed by atoms with van der Waals surface area (Å²) in [6.07, 6.45) is 11.9. The Bertz CT molecular complexity index is 574. The summed E-state index contributed by atoms with van der Waals surface area (Å²) >= 11 is 0. The summed E-state index contributed by atoms with van der Waals surface area (Å²) in [5, 5.41) is 3.08. The summed E-state index contributed by atoms with van der Waals surface area (Å²) in [4.78, 5) is 23.2. The van der Waals surface area contributed by atoms with E-state index in [2.05, 4.69) is 59.0 Å². The lowest BCUT2D eigenvalue weighted by Gasteiger charge is -2.28. The minimum Gasteiger partial charge on any atom is -0.349 e. The average molecular weight is 376 g/mol. The van der Waals surface area contributed by atoms with Crippen molar-refractivity contribution in [2.75, 3.05) is 0 Å². The molecule has 1 atom stereocenters. The van der Waals surface area contributed by atoms with E-state index in [9.17, 15) is 9.59 Å². The van der Waals surface area contributed by atoms with Crippen LogP contribution in [-0.2, 0) is 9.59 Å². The zero-order chi connectivity index (χ0) is 21.0. The molecule has 0 saturated carbocycles. The minimum atomic E-state index is 0.0328. The number of hydrogen-bond donors (Lipinski definition) is 1. The van der Waals surface area contributed by atoms with Crippen molar-refractivity contribution in [2.45, 2.75) is 100.0 Å². The molecule has 0 heterocycles. The van der Waals surface area contributed by atoms with Gasteiger partial charge >= 0.3 is 0 Å². The number of allylic oxidation sites excluding steroid dienone is 5. The first-order valence-corrected chi connectivity index (χ1v) is 10.2. The molecule has 0 aliphatic rings. The number of rotatable bonds is 11. The van der Waals surface area contributed by atoms with Gasteiger partial charge in [-0.25, -0.2) is 0 Å². The Morgan fingerprint density at radius 3 is 1.70 bits per heavy atom. The number of nitrogens with one attached hydrogen (secondary N) is 1. The third-order valence-corrected chi connectivity index (χ3v) is 5.01. The monoisotopic (exact) mass is 375 g/mol. The van der Waals surface area contributed by atoms with Crippen molar-refractivity contribution in [2.24, 2.45) is 5.41 Å². The van der Waals surface area contributed by atoms with Crippen LogP contribution in [0.5, 0.6) is 0 Å². The van der Waals surface area contributed by atoms with Gasteiger partial charge in [-0.3, -0.25) is 4.79 Å². The van der Waals surface area contributed by atoms with Crippen molar-refractivity contribution in [3.63, 3.8) is 0 Å². The summed E-state index contributed by atoms with van der Waals surface area (Å²) in [6, 6.07) is 0.140. The third kappa shape index (κ3) is 13.2. The first kappa shape index (κ1) is 25.4. The molecule has 3 nitrogen and oxygen atoms in total. The highest BCUT2D eigenvalue weighted by Gasteiger charge is 2.21. The molecule has 0 bridgehead atoms. The number of carbonyl (C=O) groups is 2. The molecule has 0 aliphatic heterocycles. The van der Waals surface area contributed by atoms with Crippen LogP contribution in [0.1, 0.15) is 93.9 Å². The van der Waals surface area contributed by atoms with Crippen molar-refractivity contribution < 1.29 is 9.59 Å². The molecule has 0 fully saturated rings. The molecule has 27 heavy (non-hydrogen) atoms. The summed E-state index contributed by atoms with van der Waals surface area (Å²) in [5.41, 5.74) is 3.57. The topological polar surface area (TPSA) is 46.2 Å². The molecule has 1 unspecified atom stereocenters. The molecular weight excluding hydrogens is 334 g/mol. The number of hydrogen-bond acceptors (Lipinski definition) is 2. The van der Waals surface area contributed by atoms with Crippen molar-refractivity contribution in [1.82, 2.24) is 5.32 Å². The van der Waals surface area contributed by atoms with Gasteiger partial charge in [0.25, 0.3) is 0 Å². The maximum atomic E-state index is 12.2. The van der Waals surface area contributed by atoms with E-state index in [1.165, 1.54) is 11.1 Å². The van der Waals surface area contributed by atoms with E-state index in [4.69, 9.17) is 0 Å². The van der Waals surface area contributed by atoms with E-state index in [0.29, 0.717) is 6.42 Å². The summed E-state index contributed by atoms with van der Waals surface area (Å²) in [7, 11) is 0. The van der Waals surface area contributed by atoms with Crippen molar-refractivity contribution in [3.8, 4) is 0 Å². The van der Waals surface area contributed by atoms with E-state index in [-0.39, 0.29) is 23.1 Å². The normalized spacial score (nSPS) is 14.9. The van der Waals surface area contributed by atoms with E-state index in [1.54, 1.807) is 6.92 Å². The van der Waals surface area contributed by atoms with Crippen molar-refractivity contribution in [1.29, 1.82) is 0 Å².